The summed E-state index contributed by atoms with van der Waals surface area (Å²) in [6.07, 6.45) is 2.85. The topological polar surface area (TPSA) is 69.6 Å². The number of piperidine rings is 1. The van der Waals surface area contributed by atoms with Crippen LogP contribution in [0.5, 0.6) is 0 Å². The molecule has 5 nitrogen and oxygen atoms in total. The van der Waals surface area contributed by atoms with Crippen LogP contribution >= 0.6 is 0 Å². The molecule has 2 N–H and O–H groups in total. The van der Waals surface area contributed by atoms with Gasteiger partial charge < -0.3 is 15.3 Å². The van der Waals surface area contributed by atoms with Crippen LogP contribution in [0.1, 0.15) is 33.1 Å². The van der Waals surface area contributed by atoms with Crippen molar-refractivity contribution in [2.45, 2.75) is 33.1 Å². The first-order chi connectivity index (χ1) is 9.00. The molecule has 0 bridgehead atoms. The molecule has 2 aliphatic rings. The van der Waals surface area contributed by atoms with Gasteiger partial charge in [0.1, 0.15) is 0 Å². The Labute approximate surface area is 114 Å². The molecule has 2 atom stereocenters. The number of carbonyl (C=O) groups excluding carboxylic acids is 1. The molecule has 2 fully saturated rings. The van der Waals surface area contributed by atoms with Gasteiger partial charge in [0, 0.05) is 25.6 Å². The van der Waals surface area contributed by atoms with Crippen LogP contribution in [0.4, 0.5) is 0 Å². The lowest BCUT2D eigenvalue weighted by atomic mass is 9.75. The SMILES string of the molecule is CCC1(C(=O)N2CC(C(C)C(=O)O)C2)CCCNC1. The number of hydrogen-bond donors (Lipinski definition) is 2. The van der Waals surface area contributed by atoms with E-state index < -0.39 is 5.97 Å². The van der Waals surface area contributed by atoms with Crippen molar-refractivity contribution in [3.63, 3.8) is 0 Å². The molecule has 0 aromatic heterocycles. The number of aliphatic carboxylic acids is 1. The Bertz CT molecular complexity index is 358. The maximum atomic E-state index is 12.6. The van der Waals surface area contributed by atoms with E-state index in [9.17, 15) is 9.59 Å². The van der Waals surface area contributed by atoms with E-state index in [4.69, 9.17) is 5.11 Å². The molecule has 2 rings (SSSR count). The number of nitrogens with one attached hydrogen (secondary N) is 1. The summed E-state index contributed by atoms with van der Waals surface area (Å²) in [5.41, 5.74) is -0.254. The second kappa shape index (κ2) is 5.49. The molecule has 5 heteroatoms. The third kappa shape index (κ3) is 2.61. The van der Waals surface area contributed by atoms with E-state index in [-0.39, 0.29) is 23.2 Å². The zero-order chi connectivity index (χ0) is 14.0. The highest BCUT2D eigenvalue weighted by Crippen LogP contribution is 2.36. The van der Waals surface area contributed by atoms with Crippen molar-refractivity contribution >= 4 is 11.9 Å². The maximum absolute atomic E-state index is 12.6. The predicted octanol–water partition coefficient (Wildman–Crippen LogP) is 0.945. The predicted molar refractivity (Wildman–Crippen MR) is 71.7 cm³/mol. The molecule has 0 aromatic carbocycles. The first kappa shape index (κ1) is 14.3. The number of carboxylic acids is 1. The van der Waals surface area contributed by atoms with Crippen LogP contribution in [0.15, 0.2) is 0 Å². The molecule has 0 aliphatic carbocycles. The Morgan fingerprint density at radius 2 is 2.16 bits per heavy atom. The van der Waals surface area contributed by atoms with Crippen molar-refractivity contribution in [2.75, 3.05) is 26.2 Å². The number of nitrogens with zero attached hydrogens (tertiary/aromatic N) is 1. The fourth-order valence-corrected chi connectivity index (χ4v) is 3.14. The van der Waals surface area contributed by atoms with Crippen molar-refractivity contribution in [1.82, 2.24) is 10.2 Å². The van der Waals surface area contributed by atoms with E-state index in [1.54, 1.807) is 6.92 Å². The zero-order valence-corrected chi connectivity index (χ0v) is 11.8. The number of carboxylic acid groups (broad SMARTS) is 1. The Morgan fingerprint density at radius 1 is 1.47 bits per heavy atom. The molecule has 2 aliphatic heterocycles. The first-order valence-electron chi connectivity index (χ1n) is 7.23. The van der Waals surface area contributed by atoms with Gasteiger partial charge in [-0.2, -0.15) is 0 Å². The van der Waals surface area contributed by atoms with E-state index in [1.165, 1.54) is 0 Å². The van der Waals surface area contributed by atoms with Crippen molar-refractivity contribution in [1.29, 1.82) is 0 Å². The summed E-state index contributed by atoms with van der Waals surface area (Å²) in [5.74, 6) is -0.782. The Morgan fingerprint density at radius 3 is 2.63 bits per heavy atom. The van der Waals surface area contributed by atoms with Crippen molar-refractivity contribution in [3.8, 4) is 0 Å². The minimum Gasteiger partial charge on any atom is -0.481 e. The van der Waals surface area contributed by atoms with E-state index in [1.807, 2.05) is 4.90 Å². The highest BCUT2D eigenvalue weighted by atomic mass is 16.4. The average molecular weight is 268 g/mol. The summed E-state index contributed by atoms with van der Waals surface area (Å²) in [7, 11) is 0. The fourth-order valence-electron chi connectivity index (χ4n) is 3.14. The fraction of sp³-hybridized carbons (Fsp3) is 0.857. The number of hydrogen-bond acceptors (Lipinski definition) is 3. The van der Waals surface area contributed by atoms with Crippen molar-refractivity contribution < 1.29 is 14.7 Å². The van der Waals surface area contributed by atoms with Crippen LogP contribution < -0.4 is 5.32 Å². The van der Waals surface area contributed by atoms with Crippen LogP contribution in [0.3, 0.4) is 0 Å². The molecular weight excluding hydrogens is 244 g/mol. The molecule has 19 heavy (non-hydrogen) atoms. The molecular formula is C14H24N2O3. The average Bonchev–Trinajstić information content (AvgIpc) is 2.37. The van der Waals surface area contributed by atoms with E-state index in [0.29, 0.717) is 13.1 Å². The molecule has 2 heterocycles. The van der Waals surface area contributed by atoms with E-state index >= 15 is 0 Å². The van der Waals surface area contributed by atoms with Gasteiger partial charge in [-0.1, -0.05) is 13.8 Å². The van der Waals surface area contributed by atoms with Gasteiger partial charge in [0.2, 0.25) is 5.91 Å². The monoisotopic (exact) mass is 268 g/mol. The van der Waals surface area contributed by atoms with Gasteiger partial charge in [-0.15, -0.1) is 0 Å². The number of likely N-dealkylation sites (tertiary alicyclic amines) is 1. The van der Waals surface area contributed by atoms with Crippen LogP contribution in [-0.4, -0.2) is 48.1 Å². The normalized spacial score (nSPS) is 29.7. The van der Waals surface area contributed by atoms with Gasteiger partial charge in [-0.25, -0.2) is 0 Å². The van der Waals surface area contributed by atoms with Gasteiger partial charge in [0.15, 0.2) is 0 Å². The van der Waals surface area contributed by atoms with Gasteiger partial charge in [-0.05, 0) is 25.8 Å². The Balaban J connectivity index is 1.93. The maximum Gasteiger partial charge on any atom is 0.306 e. The largest absolute Gasteiger partial charge is 0.481 e. The lowest BCUT2D eigenvalue weighted by molar-refractivity contribution is -0.157. The van der Waals surface area contributed by atoms with Gasteiger partial charge in [-0.3, -0.25) is 9.59 Å². The smallest absolute Gasteiger partial charge is 0.306 e. The molecule has 2 unspecified atom stereocenters. The summed E-state index contributed by atoms with van der Waals surface area (Å²) in [6.45, 7) is 6.77. The molecule has 108 valence electrons. The lowest BCUT2D eigenvalue weighted by Crippen LogP contribution is -2.60. The standard InChI is InChI=1S/C14H24N2O3/c1-3-14(5-4-6-15-9-14)13(19)16-7-11(8-16)10(2)12(17)18/h10-11,15H,3-9H2,1-2H3,(H,17,18). The van der Waals surface area contributed by atoms with Crippen LogP contribution in [0, 0.1) is 17.3 Å². The zero-order valence-electron chi connectivity index (χ0n) is 11.8. The van der Waals surface area contributed by atoms with Crippen LogP contribution in [0.25, 0.3) is 0 Å². The lowest BCUT2D eigenvalue weighted by Gasteiger charge is -2.47. The third-order valence-electron chi connectivity index (χ3n) is 4.90. The Kier molecular flexibility index (Phi) is 4.13. The Hall–Kier alpha value is -1.10. The quantitative estimate of drug-likeness (QED) is 0.796. The summed E-state index contributed by atoms with van der Waals surface area (Å²) in [6, 6.07) is 0. The molecule has 2 saturated heterocycles. The highest BCUT2D eigenvalue weighted by Gasteiger charge is 2.45. The van der Waals surface area contributed by atoms with E-state index in [2.05, 4.69) is 12.2 Å². The van der Waals surface area contributed by atoms with Crippen LogP contribution in [-0.2, 0) is 9.59 Å². The summed E-state index contributed by atoms with van der Waals surface area (Å²) in [4.78, 5) is 25.4. The number of carbonyl (C=O) groups is 2. The first-order valence-corrected chi connectivity index (χ1v) is 7.23. The van der Waals surface area contributed by atoms with Gasteiger partial charge >= 0.3 is 5.97 Å². The molecule has 1 amide bonds. The number of rotatable bonds is 4. The second-order valence-electron chi connectivity index (χ2n) is 6.01. The van der Waals surface area contributed by atoms with Crippen molar-refractivity contribution in [3.05, 3.63) is 0 Å². The van der Waals surface area contributed by atoms with Crippen molar-refractivity contribution in [2.24, 2.45) is 17.3 Å². The summed E-state index contributed by atoms with van der Waals surface area (Å²) < 4.78 is 0. The molecule has 0 radical (unpaired) electrons. The molecule has 0 spiro atoms. The highest BCUT2D eigenvalue weighted by molar-refractivity contribution is 5.84. The van der Waals surface area contributed by atoms with Gasteiger partial charge in [0.05, 0.1) is 11.3 Å². The second-order valence-corrected chi connectivity index (χ2v) is 6.01. The van der Waals surface area contributed by atoms with Crippen LogP contribution in [0.2, 0.25) is 0 Å². The van der Waals surface area contributed by atoms with E-state index in [0.717, 1.165) is 32.4 Å². The third-order valence-corrected chi connectivity index (χ3v) is 4.90. The number of amides is 1. The summed E-state index contributed by atoms with van der Waals surface area (Å²) >= 11 is 0. The summed E-state index contributed by atoms with van der Waals surface area (Å²) in [5, 5.41) is 12.3. The minimum absolute atomic E-state index is 0.118. The minimum atomic E-state index is -0.762. The molecule has 0 aromatic rings. The van der Waals surface area contributed by atoms with Gasteiger partial charge in [0.25, 0.3) is 0 Å². The molecule has 0 saturated carbocycles.